The third-order valence-electron chi connectivity index (χ3n) is 2.98. The summed E-state index contributed by atoms with van der Waals surface area (Å²) in [5, 5.41) is 4.95. The molecule has 0 atom stereocenters. The molecule has 1 amide bonds. The van der Waals surface area contributed by atoms with Crippen LogP contribution in [-0.4, -0.2) is 19.1 Å². The Kier molecular flexibility index (Phi) is 3.83. The van der Waals surface area contributed by atoms with Gasteiger partial charge in [0.25, 0.3) is 5.91 Å². The lowest BCUT2D eigenvalue weighted by atomic mass is 9.95. The van der Waals surface area contributed by atoms with Crippen LogP contribution in [0, 0.1) is 0 Å². The molecule has 1 saturated carbocycles. The van der Waals surface area contributed by atoms with Crippen molar-refractivity contribution in [3.05, 3.63) is 16.3 Å². The second-order valence-corrected chi connectivity index (χ2v) is 5.07. The lowest BCUT2D eigenvalue weighted by Crippen LogP contribution is -2.35. The summed E-state index contributed by atoms with van der Waals surface area (Å²) in [7, 11) is 1.62. The molecule has 1 aromatic rings. The molecule has 0 spiro atoms. The number of rotatable bonds is 3. The predicted molar refractivity (Wildman–Crippen MR) is 65.2 cm³/mol. The number of amides is 1. The summed E-state index contributed by atoms with van der Waals surface area (Å²) in [5.74, 6) is 0.805. The molecule has 0 unspecified atom stereocenters. The zero-order valence-corrected chi connectivity index (χ0v) is 10.3. The molecule has 0 bridgehead atoms. The van der Waals surface area contributed by atoms with Crippen LogP contribution in [0.3, 0.4) is 0 Å². The van der Waals surface area contributed by atoms with E-state index in [-0.39, 0.29) is 5.91 Å². The van der Waals surface area contributed by atoms with Gasteiger partial charge in [-0.2, -0.15) is 0 Å². The van der Waals surface area contributed by atoms with E-state index in [9.17, 15) is 4.79 Å². The zero-order chi connectivity index (χ0) is 11.4. The number of hydrogen-bond donors (Lipinski definition) is 1. The summed E-state index contributed by atoms with van der Waals surface area (Å²) >= 11 is 1.43. The highest BCUT2D eigenvalue weighted by Crippen LogP contribution is 2.22. The number of methoxy groups -OCH3 is 1. The summed E-state index contributed by atoms with van der Waals surface area (Å²) in [6, 6.07) is 2.16. The first-order valence-corrected chi connectivity index (χ1v) is 6.61. The summed E-state index contributed by atoms with van der Waals surface area (Å²) in [5.41, 5.74) is 0. The maximum atomic E-state index is 11.9. The highest BCUT2D eigenvalue weighted by atomic mass is 32.1. The normalized spacial score (nSPS) is 17.1. The van der Waals surface area contributed by atoms with Gasteiger partial charge < -0.3 is 10.1 Å². The molecule has 0 radical (unpaired) electrons. The van der Waals surface area contributed by atoms with Crippen molar-refractivity contribution in [2.75, 3.05) is 7.11 Å². The van der Waals surface area contributed by atoms with E-state index in [0.29, 0.717) is 6.04 Å². The van der Waals surface area contributed by atoms with Crippen molar-refractivity contribution in [3.8, 4) is 5.75 Å². The largest absolute Gasteiger partial charge is 0.496 e. The Hall–Kier alpha value is -1.03. The van der Waals surface area contributed by atoms with Crippen LogP contribution in [0.5, 0.6) is 5.75 Å². The van der Waals surface area contributed by atoms with Crippen LogP contribution < -0.4 is 10.1 Å². The molecular weight excluding hydrogens is 222 g/mol. The van der Waals surface area contributed by atoms with Gasteiger partial charge in [0.15, 0.2) is 0 Å². The number of hydrogen-bond acceptors (Lipinski definition) is 3. The van der Waals surface area contributed by atoms with Crippen molar-refractivity contribution in [1.29, 1.82) is 0 Å². The van der Waals surface area contributed by atoms with Gasteiger partial charge in [-0.1, -0.05) is 19.3 Å². The summed E-state index contributed by atoms with van der Waals surface area (Å²) < 4.78 is 5.07. The topological polar surface area (TPSA) is 38.3 Å². The van der Waals surface area contributed by atoms with Gasteiger partial charge in [-0.25, -0.2) is 0 Å². The smallest absolute Gasteiger partial charge is 0.261 e. The van der Waals surface area contributed by atoms with E-state index in [1.54, 1.807) is 13.2 Å². The monoisotopic (exact) mass is 239 g/mol. The maximum Gasteiger partial charge on any atom is 0.261 e. The fourth-order valence-corrected chi connectivity index (χ4v) is 2.81. The van der Waals surface area contributed by atoms with Crippen molar-refractivity contribution in [3.63, 3.8) is 0 Å². The predicted octanol–water partition coefficient (Wildman–Crippen LogP) is 2.82. The van der Waals surface area contributed by atoms with E-state index in [0.717, 1.165) is 23.5 Å². The molecule has 2 rings (SSSR count). The minimum atomic E-state index is 0.0419. The summed E-state index contributed by atoms with van der Waals surface area (Å²) in [4.78, 5) is 12.6. The molecule has 16 heavy (non-hydrogen) atoms. The van der Waals surface area contributed by atoms with Crippen LogP contribution >= 0.6 is 11.3 Å². The number of nitrogens with one attached hydrogen (secondary N) is 1. The fraction of sp³-hybridized carbons (Fsp3) is 0.583. The molecule has 1 aromatic heterocycles. The molecule has 0 aromatic carbocycles. The third-order valence-corrected chi connectivity index (χ3v) is 3.88. The second kappa shape index (κ2) is 5.34. The molecule has 1 N–H and O–H groups in total. The average Bonchev–Trinajstić information content (AvgIpc) is 2.79. The van der Waals surface area contributed by atoms with Crippen LogP contribution in [-0.2, 0) is 0 Å². The second-order valence-electron chi connectivity index (χ2n) is 4.16. The summed E-state index contributed by atoms with van der Waals surface area (Å²) in [6.45, 7) is 0. The lowest BCUT2D eigenvalue weighted by molar-refractivity contribution is 0.0931. The van der Waals surface area contributed by atoms with Gasteiger partial charge in [-0.3, -0.25) is 4.79 Å². The molecule has 3 nitrogen and oxygen atoms in total. The van der Waals surface area contributed by atoms with E-state index >= 15 is 0 Å². The number of carbonyl (C=O) groups is 1. The first kappa shape index (κ1) is 11.5. The van der Waals surface area contributed by atoms with Crippen molar-refractivity contribution in [2.45, 2.75) is 38.1 Å². The Morgan fingerprint density at radius 3 is 2.81 bits per heavy atom. The molecule has 1 aliphatic carbocycles. The fourth-order valence-electron chi connectivity index (χ4n) is 2.05. The van der Waals surface area contributed by atoms with Gasteiger partial charge >= 0.3 is 0 Å². The lowest BCUT2D eigenvalue weighted by Gasteiger charge is -2.22. The average molecular weight is 239 g/mol. The van der Waals surface area contributed by atoms with E-state index in [1.165, 1.54) is 30.6 Å². The van der Waals surface area contributed by atoms with Gasteiger partial charge in [0.1, 0.15) is 5.75 Å². The standard InChI is InChI=1S/C12H17NO2S/c1-15-10-7-11(16-8-10)12(14)13-9-5-3-2-4-6-9/h7-9H,2-6H2,1H3,(H,13,14). The number of thiophene rings is 1. The Morgan fingerprint density at radius 2 is 2.19 bits per heavy atom. The molecule has 1 heterocycles. The van der Waals surface area contributed by atoms with Gasteiger partial charge in [0, 0.05) is 17.5 Å². The number of ether oxygens (including phenoxy) is 1. The van der Waals surface area contributed by atoms with Gasteiger partial charge in [-0.05, 0) is 12.8 Å². The molecular formula is C12H17NO2S. The quantitative estimate of drug-likeness (QED) is 0.880. The van der Waals surface area contributed by atoms with E-state index in [2.05, 4.69) is 5.32 Å². The van der Waals surface area contributed by atoms with Crippen LogP contribution in [0.4, 0.5) is 0 Å². The molecule has 1 fully saturated rings. The molecule has 1 aliphatic rings. The maximum absolute atomic E-state index is 11.9. The Labute approximate surface area is 99.8 Å². The van der Waals surface area contributed by atoms with Crippen molar-refractivity contribution >= 4 is 17.2 Å². The van der Waals surface area contributed by atoms with Crippen LogP contribution in [0.25, 0.3) is 0 Å². The van der Waals surface area contributed by atoms with E-state index < -0.39 is 0 Å². The Balaban J connectivity index is 1.91. The van der Waals surface area contributed by atoms with Gasteiger partial charge in [-0.15, -0.1) is 11.3 Å². The highest BCUT2D eigenvalue weighted by Gasteiger charge is 2.17. The Bertz CT molecular complexity index is 356. The van der Waals surface area contributed by atoms with Crippen LogP contribution in [0.2, 0.25) is 0 Å². The number of carbonyl (C=O) groups excluding carboxylic acids is 1. The third kappa shape index (κ3) is 2.76. The van der Waals surface area contributed by atoms with Crippen LogP contribution in [0.15, 0.2) is 11.4 Å². The summed E-state index contributed by atoms with van der Waals surface area (Å²) in [6.07, 6.45) is 6.01. The minimum absolute atomic E-state index is 0.0419. The van der Waals surface area contributed by atoms with Crippen molar-refractivity contribution < 1.29 is 9.53 Å². The first-order chi connectivity index (χ1) is 7.79. The van der Waals surface area contributed by atoms with Crippen molar-refractivity contribution in [2.24, 2.45) is 0 Å². The first-order valence-electron chi connectivity index (χ1n) is 5.73. The molecule has 0 aliphatic heterocycles. The van der Waals surface area contributed by atoms with E-state index in [4.69, 9.17) is 4.74 Å². The van der Waals surface area contributed by atoms with Crippen LogP contribution in [0.1, 0.15) is 41.8 Å². The molecule has 88 valence electrons. The van der Waals surface area contributed by atoms with Crippen molar-refractivity contribution in [1.82, 2.24) is 5.32 Å². The van der Waals surface area contributed by atoms with E-state index in [1.807, 2.05) is 5.38 Å². The molecule has 0 saturated heterocycles. The molecule has 4 heteroatoms. The SMILES string of the molecule is COc1csc(C(=O)NC2CCCCC2)c1. The van der Waals surface area contributed by atoms with Gasteiger partial charge in [0.05, 0.1) is 12.0 Å². The van der Waals surface area contributed by atoms with Gasteiger partial charge in [0.2, 0.25) is 0 Å². The minimum Gasteiger partial charge on any atom is -0.496 e. The highest BCUT2D eigenvalue weighted by molar-refractivity contribution is 7.12. The Morgan fingerprint density at radius 1 is 1.44 bits per heavy atom. The zero-order valence-electron chi connectivity index (χ0n) is 9.49.